The van der Waals surface area contributed by atoms with Crippen LogP contribution in [-0.2, 0) is 9.53 Å². The van der Waals surface area contributed by atoms with Gasteiger partial charge in [-0.15, -0.1) is 0 Å². The van der Waals surface area contributed by atoms with Crippen LogP contribution in [0.5, 0.6) is 11.5 Å². The van der Waals surface area contributed by atoms with Gasteiger partial charge in [-0.25, -0.2) is 9.79 Å². The third-order valence-corrected chi connectivity index (χ3v) is 7.99. The van der Waals surface area contributed by atoms with Crippen molar-refractivity contribution in [2.45, 2.75) is 53.5 Å². The summed E-state index contributed by atoms with van der Waals surface area (Å²) in [7, 11) is 0. The number of ether oxygens (including phenoxy) is 3. The molecule has 0 bridgehead atoms. The number of hydrogen-bond acceptors (Lipinski definition) is 7. The van der Waals surface area contributed by atoms with Gasteiger partial charge in [0.1, 0.15) is 11.5 Å². The summed E-state index contributed by atoms with van der Waals surface area (Å²) in [6, 6.07) is 11.1. The van der Waals surface area contributed by atoms with Gasteiger partial charge in [-0.05, 0) is 72.8 Å². The Bertz CT molecular complexity index is 1580. The zero-order chi connectivity index (χ0) is 28.3. The van der Waals surface area contributed by atoms with Crippen molar-refractivity contribution in [3.05, 3.63) is 88.5 Å². The van der Waals surface area contributed by atoms with E-state index in [0.29, 0.717) is 51.2 Å². The molecule has 0 saturated heterocycles. The van der Waals surface area contributed by atoms with E-state index in [4.69, 9.17) is 14.2 Å². The minimum Gasteiger partial charge on any atom is -0.493 e. The Morgan fingerprint density at radius 3 is 2.36 bits per heavy atom. The fourth-order valence-electron chi connectivity index (χ4n) is 4.52. The molecule has 0 aliphatic carbocycles. The fraction of sp³-hybridized carbons (Fsp3) is 0.367. The first-order valence-electron chi connectivity index (χ1n) is 13.1. The molecular formula is C30H33BrN2O5S. The van der Waals surface area contributed by atoms with Crippen LogP contribution in [0.3, 0.4) is 0 Å². The minimum atomic E-state index is -0.651. The van der Waals surface area contributed by atoms with Gasteiger partial charge in [0.15, 0.2) is 4.80 Å². The highest BCUT2D eigenvalue weighted by atomic mass is 79.9. The molecule has 0 spiro atoms. The van der Waals surface area contributed by atoms with Crippen LogP contribution in [-0.4, -0.2) is 30.4 Å². The monoisotopic (exact) mass is 612 g/mol. The number of nitrogens with zero attached hydrogens (tertiary/aromatic N) is 2. The van der Waals surface area contributed by atoms with E-state index >= 15 is 0 Å². The average molecular weight is 614 g/mol. The van der Waals surface area contributed by atoms with Crippen LogP contribution in [0.4, 0.5) is 0 Å². The van der Waals surface area contributed by atoms with Gasteiger partial charge in [-0.3, -0.25) is 9.36 Å². The van der Waals surface area contributed by atoms with Crippen molar-refractivity contribution in [2.24, 2.45) is 4.99 Å². The van der Waals surface area contributed by atoms with Gasteiger partial charge in [0.2, 0.25) is 0 Å². The number of carbonyl (C=O) groups is 1. The summed E-state index contributed by atoms with van der Waals surface area (Å²) in [5.74, 6) is 1.16. The standard InChI is InChI=1S/C30H33BrN2O5S/c1-7-36-23-16-24(37-8-2)22(31)14-21(23)15-25-28(34)33-27(20-12-10-19(11-13-20)17(4)5)26(29(35)38-9-3)18(6)32-30(33)39-25/h10-17,27H,7-9H2,1-6H3/b25-15-/t27-/m0/s1. The molecule has 3 aromatic rings. The van der Waals surface area contributed by atoms with Crippen LogP contribution in [0, 0.1) is 0 Å². The van der Waals surface area contributed by atoms with Crippen molar-refractivity contribution in [1.82, 2.24) is 4.57 Å². The van der Waals surface area contributed by atoms with Crippen molar-refractivity contribution in [3.8, 4) is 11.5 Å². The molecule has 1 aromatic heterocycles. The molecule has 9 heteroatoms. The lowest BCUT2D eigenvalue weighted by Gasteiger charge is -2.25. The van der Waals surface area contributed by atoms with Crippen LogP contribution < -0.4 is 24.4 Å². The van der Waals surface area contributed by atoms with Crippen molar-refractivity contribution >= 4 is 39.3 Å². The fourth-order valence-corrected chi connectivity index (χ4v) is 6.03. The Morgan fingerprint density at radius 1 is 1.08 bits per heavy atom. The van der Waals surface area contributed by atoms with E-state index < -0.39 is 12.0 Å². The summed E-state index contributed by atoms with van der Waals surface area (Å²) >= 11 is 4.85. The van der Waals surface area contributed by atoms with Crippen LogP contribution in [0.2, 0.25) is 0 Å². The summed E-state index contributed by atoms with van der Waals surface area (Å²) in [6.45, 7) is 12.8. The highest BCUT2D eigenvalue weighted by Crippen LogP contribution is 2.34. The van der Waals surface area contributed by atoms with Gasteiger partial charge in [0, 0.05) is 11.6 Å². The first kappa shape index (κ1) is 28.8. The number of carbonyl (C=O) groups excluding carboxylic acids is 1. The molecule has 4 rings (SSSR count). The number of thiazole rings is 1. The second kappa shape index (κ2) is 12.3. The number of esters is 1. The molecular weight excluding hydrogens is 580 g/mol. The van der Waals surface area contributed by atoms with Crippen LogP contribution in [0.15, 0.2) is 61.9 Å². The quantitative estimate of drug-likeness (QED) is 0.299. The first-order chi connectivity index (χ1) is 18.7. The summed E-state index contributed by atoms with van der Waals surface area (Å²) in [5, 5.41) is 0. The predicted molar refractivity (Wildman–Crippen MR) is 157 cm³/mol. The van der Waals surface area contributed by atoms with Crippen molar-refractivity contribution in [3.63, 3.8) is 0 Å². The highest BCUT2D eigenvalue weighted by Gasteiger charge is 2.33. The normalized spacial score (nSPS) is 15.3. The third-order valence-electron chi connectivity index (χ3n) is 6.39. The number of halogens is 1. The van der Waals surface area contributed by atoms with Gasteiger partial charge >= 0.3 is 5.97 Å². The molecule has 0 fully saturated rings. The molecule has 7 nitrogen and oxygen atoms in total. The third kappa shape index (κ3) is 5.89. The molecule has 0 N–H and O–H groups in total. The summed E-state index contributed by atoms with van der Waals surface area (Å²) in [6.07, 6.45) is 1.80. The van der Waals surface area contributed by atoms with Crippen molar-refractivity contribution < 1.29 is 19.0 Å². The second-order valence-electron chi connectivity index (χ2n) is 9.31. The average Bonchev–Trinajstić information content (AvgIpc) is 3.20. The van der Waals surface area contributed by atoms with Gasteiger partial charge in [0.05, 0.1) is 46.1 Å². The molecule has 0 radical (unpaired) electrons. The molecule has 0 unspecified atom stereocenters. The molecule has 2 heterocycles. The molecule has 0 saturated carbocycles. The smallest absolute Gasteiger partial charge is 0.338 e. The number of hydrogen-bond donors (Lipinski definition) is 0. The number of fused-ring (bicyclic) bond motifs is 1. The molecule has 0 amide bonds. The zero-order valence-corrected chi connectivity index (χ0v) is 25.4. The van der Waals surface area contributed by atoms with Crippen LogP contribution in [0.25, 0.3) is 6.08 Å². The van der Waals surface area contributed by atoms with E-state index in [-0.39, 0.29) is 12.2 Å². The van der Waals surface area contributed by atoms with E-state index in [1.165, 1.54) is 16.9 Å². The summed E-state index contributed by atoms with van der Waals surface area (Å²) < 4.78 is 19.8. The van der Waals surface area contributed by atoms with Crippen LogP contribution in [0.1, 0.15) is 70.2 Å². The lowest BCUT2D eigenvalue weighted by Crippen LogP contribution is -2.39. The maximum absolute atomic E-state index is 14.0. The van der Waals surface area contributed by atoms with E-state index in [9.17, 15) is 9.59 Å². The minimum absolute atomic E-state index is 0.228. The second-order valence-corrected chi connectivity index (χ2v) is 11.2. The van der Waals surface area contributed by atoms with E-state index in [1.54, 1.807) is 24.5 Å². The Hall–Kier alpha value is -3.17. The largest absolute Gasteiger partial charge is 0.493 e. The lowest BCUT2D eigenvalue weighted by molar-refractivity contribution is -0.139. The van der Waals surface area contributed by atoms with Crippen LogP contribution >= 0.6 is 27.3 Å². The maximum Gasteiger partial charge on any atom is 0.338 e. The Morgan fingerprint density at radius 2 is 1.74 bits per heavy atom. The lowest BCUT2D eigenvalue weighted by atomic mass is 9.93. The number of rotatable bonds is 9. The van der Waals surface area contributed by atoms with E-state index in [0.717, 1.165) is 15.6 Å². The highest BCUT2D eigenvalue weighted by molar-refractivity contribution is 9.10. The van der Waals surface area contributed by atoms with E-state index in [1.807, 2.05) is 50.2 Å². The molecule has 206 valence electrons. The number of aromatic nitrogens is 1. The van der Waals surface area contributed by atoms with Gasteiger partial charge in [-0.1, -0.05) is 49.4 Å². The summed E-state index contributed by atoms with van der Waals surface area (Å²) in [5.41, 5.74) is 3.40. The van der Waals surface area contributed by atoms with Gasteiger partial charge in [0.25, 0.3) is 5.56 Å². The Balaban J connectivity index is 1.93. The number of benzene rings is 2. The first-order valence-corrected chi connectivity index (χ1v) is 14.7. The van der Waals surface area contributed by atoms with E-state index in [2.05, 4.69) is 34.8 Å². The zero-order valence-electron chi connectivity index (χ0n) is 23.0. The molecule has 1 aliphatic heterocycles. The van der Waals surface area contributed by atoms with Gasteiger partial charge in [-0.2, -0.15) is 0 Å². The van der Waals surface area contributed by atoms with Crippen molar-refractivity contribution in [1.29, 1.82) is 0 Å². The topological polar surface area (TPSA) is 79.1 Å². The molecule has 2 aromatic carbocycles. The molecule has 39 heavy (non-hydrogen) atoms. The molecule has 1 aliphatic rings. The van der Waals surface area contributed by atoms with Crippen molar-refractivity contribution in [2.75, 3.05) is 19.8 Å². The van der Waals surface area contributed by atoms with Gasteiger partial charge < -0.3 is 14.2 Å². The summed E-state index contributed by atoms with van der Waals surface area (Å²) in [4.78, 5) is 32.3. The SMILES string of the molecule is CCOC(=O)C1=C(C)N=c2s/c(=C\c3cc(Br)c(OCC)cc3OCC)c(=O)n2[C@H]1c1ccc(C(C)C)cc1. The maximum atomic E-state index is 14.0. The Labute approximate surface area is 240 Å². The predicted octanol–water partition coefficient (Wildman–Crippen LogP) is 5.48. The Kier molecular flexibility index (Phi) is 9.12. The number of allylic oxidation sites excluding steroid dienone is 1. The molecule has 1 atom stereocenters.